The van der Waals surface area contributed by atoms with E-state index in [2.05, 4.69) is 22.5 Å². The molecule has 3 aromatic rings. The number of benzene rings is 2. The molecule has 3 N–H and O–H groups in total. The summed E-state index contributed by atoms with van der Waals surface area (Å²) in [5.74, 6) is 6.26. The molecule has 0 aliphatic rings. The second-order valence-electron chi connectivity index (χ2n) is 4.09. The predicted octanol–water partition coefficient (Wildman–Crippen LogP) is 3.19. The van der Waals surface area contributed by atoms with Crippen molar-refractivity contribution in [1.29, 1.82) is 0 Å². The van der Waals surface area contributed by atoms with Crippen molar-refractivity contribution in [2.24, 2.45) is 5.84 Å². The summed E-state index contributed by atoms with van der Waals surface area (Å²) in [5.41, 5.74) is 5.72. The van der Waals surface area contributed by atoms with Crippen LogP contribution in [0, 0.1) is 0 Å². The van der Waals surface area contributed by atoms with Gasteiger partial charge >= 0.3 is 0 Å². The Hall–Kier alpha value is -2.39. The number of aromatic nitrogens is 1. The van der Waals surface area contributed by atoms with Crippen LogP contribution in [0.5, 0.6) is 0 Å². The van der Waals surface area contributed by atoms with Crippen molar-refractivity contribution in [2.75, 3.05) is 5.43 Å². The Morgan fingerprint density at radius 2 is 1.61 bits per heavy atom. The smallest absolute Gasteiger partial charge is 0.148 e. The Labute approximate surface area is 105 Å². The van der Waals surface area contributed by atoms with Crippen LogP contribution in [-0.2, 0) is 0 Å². The van der Waals surface area contributed by atoms with Gasteiger partial charge in [0, 0.05) is 10.9 Å². The first-order valence-corrected chi connectivity index (χ1v) is 5.80. The van der Waals surface area contributed by atoms with Crippen molar-refractivity contribution in [1.82, 2.24) is 4.98 Å². The molecule has 3 rings (SSSR count). The summed E-state index contributed by atoms with van der Waals surface area (Å²) in [7, 11) is 0. The lowest BCUT2D eigenvalue weighted by atomic mass is 10.0. The van der Waals surface area contributed by atoms with E-state index in [4.69, 9.17) is 5.84 Å². The van der Waals surface area contributed by atoms with Crippen molar-refractivity contribution in [3.63, 3.8) is 0 Å². The third-order valence-corrected chi connectivity index (χ3v) is 2.95. The first kappa shape index (κ1) is 10.7. The molecule has 0 fully saturated rings. The van der Waals surface area contributed by atoms with E-state index in [0.29, 0.717) is 5.82 Å². The maximum Gasteiger partial charge on any atom is 0.148 e. The van der Waals surface area contributed by atoms with Crippen LogP contribution in [-0.4, -0.2) is 4.98 Å². The van der Waals surface area contributed by atoms with E-state index in [-0.39, 0.29) is 0 Å². The summed E-state index contributed by atoms with van der Waals surface area (Å²) in [5, 5.41) is 1.11. The van der Waals surface area contributed by atoms with Gasteiger partial charge in [-0.3, -0.25) is 0 Å². The van der Waals surface area contributed by atoms with Crippen LogP contribution in [0.1, 0.15) is 0 Å². The quantitative estimate of drug-likeness (QED) is 0.530. The van der Waals surface area contributed by atoms with Crippen molar-refractivity contribution >= 4 is 16.7 Å². The van der Waals surface area contributed by atoms with Gasteiger partial charge in [0.1, 0.15) is 5.82 Å². The normalized spacial score (nSPS) is 10.5. The molecule has 3 heteroatoms. The monoisotopic (exact) mass is 235 g/mol. The summed E-state index contributed by atoms with van der Waals surface area (Å²) >= 11 is 0. The van der Waals surface area contributed by atoms with Crippen LogP contribution in [0.2, 0.25) is 0 Å². The first-order chi connectivity index (χ1) is 8.88. The number of nitrogens with one attached hydrogen (secondary N) is 1. The first-order valence-electron chi connectivity index (χ1n) is 5.80. The molecule has 0 bridgehead atoms. The lowest BCUT2D eigenvalue weighted by Crippen LogP contribution is -2.10. The summed E-state index contributed by atoms with van der Waals surface area (Å²) in [6.45, 7) is 0. The third kappa shape index (κ3) is 1.81. The van der Waals surface area contributed by atoms with Gasteiger partial charge in [-0.25, -0.2) is 10.8 Å². The van der Waals surface area contributed by atoms with E-state index in [1.54, 1.807) is 0 Å². The molecule has 0 atom stereocenters. The average Bonchev–Trinajstić information content (AvgIpc) is 2.46. The van der Waals surface area contributed by atoms with Crippen molar-refractivity contribution in [2.45, 2.75) is 0 Å². The molecule has 0 aliphatic heterocycles. The highest BCUT2D eigenvalue weighted by Gasteiger charge is 2.07. The van der Waals surface area contributed by atoms with Gasteiger partial charge in [0.05, 0.1) is 5.52 Å². The highest BCUT2D eigenvalue weighted by molar-refractivity contribution is 5.89. The van der Waals surface area contributed by atoms with Crippen LogP contribution in [0.25, 0.3) is 22.0 Å². The predicted molar refractivity (Wildman–Crippen MR) is 75.0 cm³/mol. The molecule has 1 heterocycles. The van der Waals surface area contributed by atoms with Gasteiger partial charge < -0.3 is 5.43 Å². The minimum absolute atomic E-state index is 0.694. The molecule has 18 heavy (non-hydrogen) atoms. The van der Waals surface area contributed by atoms with E-state index in [0.717, 1.165) is 22.0 Å². The number of nitrogens with zero attached hydrogens (tertiary/aromatic N) is 1. The number of hydrazine groups is 1. The molecule has 0 radical (unpaired) electrons. The molecule has 0 saturated heterocycles. The Kier molecular flexibility index (Phi) is 2.67. The van der Waals surface area contributed by atoms with Gasteiger partial charge in [0.15, 0.2) is 0 Å². The number of hydrogen-bond donors (Lipinski definition) is 2. The molecule has 1 aromatic heterocycles. The van der Waals surface area contributed by atoms with Gasteiger partial charge in [-0.1, -0.05) is 48.5 Å². The van der Waals surface area contributed by atoms with Gasteiger partial charge in [0.2, 0.25) is 0 Å². The van der Waals surface area contributed by atoms with Crippen molar-refractivity contribution in [3.05, 3.63) is 60.7 Å². The summed E-state index contributed by atoms with van der Waals surface area (Å²) in [6, 6.07) is 20.2. The van der Waals surface area contributed by atoms with Crippen LogP contribution in [0.4, 0.5) is 5.82 Å². The molecule has 0 saturated carbocycles. The van der Waals surface area contributed by atoms with Gasteiger partial charge in [-0.2, -0.15) is 0 Å². The molecule has 0 amide bonds. The number of pyridine rings is 1. The fourth-order valence-electron chi connectivity index (χ4n) is 2.06. The van der Waals surface area contributed by atoms with Crippen molar-refractivity contribution < 1.29 is 0 Å². The number of nitrogen functional groups attached to an aromatic ring is 1. The van der Waals surface area contributed by atoms with Gasteiger partial charge in [0.25, 0.3) is 0 Å². The number of hydrogen-bond acceptors (Lipinski definition) is 3. The Bertz CT molecular complexity index is 678. The lowest BCUT2D eigenvalue weighted by Gasteiger charge is -2.10. The topological polar surface area (TPSA) is 50.9 Å². The molecule has 0 unspecified atom stereocenters. The zero-order chi connectivity index (χ0) is 12.4. The standard InChI is InChI=1S/C15H13N3/c16-18-15-13(11-6-2-1-3-7-11)10-12-8-4-5-9-14(12)17-15/h1-10H,16H2,(H,17,18). The minimum atomic E-state index is 0.694. The SMILES string of the molecule is NNc1nc2ccccc2cc1-c1ccccc1. The highest BCUT2D eigenvalue weighted by Crippen LogP contribution is 2.29. The Balaban J connectivity index is 2.27. The van der Waals surface area contributed by atoms with E-state index in [9.17, 15) is 0 Å². The van der Waals surface area contributed by atoms with Crippen LogP contribution < -0.4 is 11.3 Å². The fraction of sp³-hybridized carbons (Fsp3) is 0. The summed E-state index contributed by atoms with van der Waals surface area (Å²) < 4.78 is 0. The van der Waals surface area contributed by atoms with E-state index in [1.807, 2.05) is 48.5 Å². The largest absolute Gasteiger partial charge is 0.308 e. The lowest BCUT2D eigenvalue weighted by molar-refractivity contribution is 1.26. The summed E-state index contributed by atoms with van der Waals surface area (Å²) in [6.07, 6.45) is 0. The maximum atomic E-state index is 5.57. The molecule has 2 aromatic carbocycles. The molecule has 88 valence electrons. The molecular weight excluding hydrogens is 222 g/mol. The molecule has 0 aliphatic carbocycles. The maximum absolute atomic E-state index is 5.57. The van der Waals surface area contributed by atoms with Crippen LogP contribution in [0.3, 0.4) is 0 Å². The third-order valence-electron chi connectivity index (χ3n) is 2.95. The number of anilines is 1. The second-order valence-corrected chi connectivity index (χ2v) is 4.09. The Morgan fingerprint density at radius 1 is 0.889 bits per heavy atom. The fourth-order valence-corrected chi connectivity index (χ4v) is 2.06. The highest BCUT2D eigenvalue weighted by atomic mass is 15.2. The van der Waals surface area contributed by atoms with Gasteiger partial charge in [-0.05, 0) is 17.7 Å². The van der Waals surface area contributed by atoms with Gasteiger partial charge in [-0.15, -0.1) is 0 Å². The van der Waals surface area contributed by atoms with E-state index < -0.39 is 0 Å². The number of para-hydroxylation sites is 1. The Morgan fingerprint density at radius 3 is 2.39 bits per heavy atom. The molecule has 0 spiro atoms. The zero-order valence-corrected chi connectivity index (χ0v) is 9.80. The summed E-state index contributed by atoms with van der Waals surface area (Å²) in [4.78, 5) is 4.53. The number of rotatable bonds is 2. The van der Waals surface area contributed by atoms with E-state index in [1.165, 1.54) is 0 Å². The van der Waals surface area contributed by atoms with Crippen molar-refractivity contribution in [3.8, 4) is 11.1 Å². The minimum Gasteiger partial charge on any atom is -0.308 e. The van der Waals surface area contributed by atoms with Crippen LogP contribution in [0.15, 0.2) is 60.7 Å². The molecular formula is C15H13N3. The average molecular weight is 235 g/mol. The second kappa shape index (κ2) is 4.47. The number of fused-ring (bicyclic) bond motifs is 1. The number of nitrogens with two attached hydrogens (primary N) is 1. The molecule has 3 nitrogen and oxygen atoms in total. The van der Waals surface area contributed by atoms with Crippen LogP contribution >= 0.6 is 0 Å². The zero-order valence-electron chi connectivity index (χ0n) is 9.80. The van der Waals surface area contributed by atoms with E-state index >= 15 is 0 Å².